The first-order valence-corrected chi connectivity index (χ1v) is 5.35. The number of nitrogens with one attached hydrogen (secondary N) is 1. The summed E-state index contributed by atoms with van der Waals surface area (Å²) in [5, 5.41) is 3.37. The average Bonchev–Trinajstić information content (AvgIpc) is 2.05. The first-order valence-electron chi connectivity index (χ1n) is 4.95. The molecule has 3 heteroatoms. The van der Waals surface area contributed by atoms with Crippen LogP contribution >= 0.6 is 12.8 Å². The maximum absolute atomic E-state index is 4.34. The summed E-state index contributed by atoms with van der Waals surface area (Å²) in [6.45, 7) is 8.81. The van der Waals surface area contributed by atoms with Crippen LogP contribution in [0, 0.1) is 0 Å². The molecule has 12 heavy (non-hydrogen) atoms. The highest BCUT2D eigenvalue weighted by molar-refractivity contribution is 7.77. The van der Waals surface area contributed by atoms with E-state index in [2.05, 4.69) is 36.3 Å². The van der Waals surface area contributed by atoms with Crippen LogP contribution in [0.4, 0.5) is 0 Å². The van der Waals surface area contributed by atoms with Crippen molar-refractivity contribution in [2.24, 2.45) is 0 Å². The Labute approximate surface area is 82.3 Å². The van der Waals surface area contributed by atoms with E-state index in [0.29, 0.717) is 0 Å². The van der Waals surface area contributed by atoms with Gasteiger partial charge in [0.1, 0.15) is 0 Å². The molecule has 0 aromatic carbocycles. The molecule has 0 aliphatic rings. The fourth-order valence-corrected chi connectivity index (χ4v) is 1.40. The Morgan fingerprint density at radius 3 is 2.42 bits per heavy atom. The molecule has 0 fully saturated rings. The van der Waals surface area contributed by atoms with Crippen LogP contribution in [-0.4, -0.2) is 30.5 Å². The van der Waals surface area contributed by atoms with Gasteiger partial charge in [0.25, 0.3) is 0 Å². The maximum Gasteiger partial charge on any atom is 0.00990 e. The van der Waals surface area contributed by atoms with E-state index in [9.17, 15) is 0 Å². The van der Waals surface area contributed by atoms with Gasteiger partial charge in [-0.3, -0.25) is 4.31 Å². The van der Waals surface area contributed by atoms with Gasteiger partial charge in [-0.25, -0.2) is 0 Å². The molecule has 0 unspecified atom stereocenters. The summed E-state index contributed by atoms with van der Waals surface area (Å²) >= 11 is 4.34. The minimum absolute atomic E-state index is 1.09. The molecule has 1 N–H and O–H groups in total. The van der Waals surface area contributed by atoms with E-state index in [4.69, 9.17) is 0 Å². The Bertz CT molecular complexity index is 88.6. The van der Waals surface area contributed by atoms with Gasteiger partial charge in [0.05, 0.1) is 0 Å². The molecule has 0 amide bonds. The lowest BCUT2D eigenvalue weighted by molar-refractivity contribution is 0.454. The molecule has 0 aliphatic heterocycles. The van der Waals surface area contributed by atoms with E-state index in [1.54, 1.807) is 0 Å². The third-order valence-electron chi connectivity index (χ3n) is 1.68. The lowest BCUT2D eigenvalue weighted by atomic mass is 10.4. The summed E-state index contributed by atoms with van der Waals surface area (Å²) in [5.41, 5.74) is 0. The van der Waals surface area contributed by atoms with Crippen LogP contribution in [0.5, 0.6) is 0 Å². The molecule has 0 spiro atoms. The second-order valence-electron chi connectivity index (χ2n) is 3.06. The second-order valence-corrected chi connectivity index (χ2v) is 3.62. The van der Waals surface area contributed by atoms with E-state index < -0.39 is 0 Å². The standard InChI is InChI=1S/C9H22N2S/c1-3-6-10-7-5-9-11(12)8-4-2/h10,12H,3-9H2,1-2H3. The molecule has 0 saturated heterocycles. The summed E-state index contributed by atoms with van der Waals surface area (Å²) in [6.07, 6.45) is 3.61. The highest BCUT2D eigenvalue weighted by Gasteiger charge is 1.95. The SMILES string of the molecule is CCCNCCCN(S)CCC. The highest BCUT2D eigenvalue weighted by atomic mass is 32.1. The second kappa shape index (κ2) is 9.36. The van der Waals surface area contributed by atoms with E-state index in [-0.39, 0.29) is 0 Å². The van der Waals surface area contributed by atoms with Crippen molar-refractivity contribution in [3.05, 3.63) is 0 Å². The Morgan fingerprint density at radius 1 is 1.08 bits per heavy atom. The van der Waals surface area contributed by atoms with Crippen molar-refractivity contribution in [2.45, 2.75) is 33.1 Å². The molecule has 0 atom stereocenters. The molecule has 0 saturated carbocycles. The highest BCUT2D eigenvalue weighted by Crippen LogP contribution is 1.96. The van der Waals surface area contributed by atoms with E-state index in [1.165, 1.54) is 19.3 Å². The van der Waals surface area contributed by atoms with E-state index in [0.717, 1.165) is 26.2 Å². The van der Waals surface area contributed by atoms with Gasteiger partial charge >= 0.3 is 0 Å². The Kier molecular flexibility index (Phi) is 9.57. The Hall–Kier alpha value is 0.270. The summed E-state index contributed by atoms with van der Waals surface area (Å²) in [5.74, 6) is 0. The summed E-state index contributed by atoms with van der Waals surface area (Å²) in [7, 11) is 0. The van der Waals surface area contributed by atoms with Gasteiger partial charge in [-0.2, -0.15) is 0 Å². The van der Waals surface area contributed by atoms with Gasteiger partial charge in [-0.1, -0.05) is 26.7 Å². The normalized spacial score (nSPS) is 11.0. The van der Waals surface area contributed by atoms with Crippen molar-refractivity contribution in [3.63, 3.8) is 0 Å². The van der Waals surface area contributed by atoms with Gasteiger partial charge in [0, 0.05) is 13.1 Å². The first kappa shape index (κ1) is 12.3. The smallest absolute Gasteiger partial charge is 0.00990 e. The summed E-state index contributed by atoms with van der Waals surface area (Å²) in [4.78, 5) is 0. The van der Waals surface area contributed by atoms with Crippen LogP contribution in [0.15, 0.2) is 0 Å². The lowest BCUT2D eigenvalue weighted by Gasteiger charge is -2.13. The molecule has 0 aromatic heterocycles. The lowest BCUT2D eigenvalue weighted by Crippen LogP contribution is -2.22. The molecular weight excluding hydrogens is 168 g/mol. The average molecular weight is 190 g/mol. The zero-order valence-electron chi connectivity index (χ0n) is 8.34. The van der Waals surface area contributed by atoms with Crippen molar-refractivity contribution < 1.29 is 0 Å². The largest absolute Gasteiger partial charge is 0.317 e. The van der Waals surface area contributed by atoms with Crippen molar-refractivity contribution in [3.8, 4) is 0 Å². The fraction of sp³-hybridized carbons (Fsp3) is 1.00. The van der Waals surface area contributed by atoms with Gasteiger partial charge < -0.3 is 5.32 Å². The molecule has 2 nitrogen and oxygen atoms in total. The maximum atomic E-state index is 4.34. The molecule has 74 valence electrons. The quantitative estimate of drug-likeness (QED) is 0.449. The van der Waals surface area contributed by atoms with E-state index in [1.807, 2.05) is 0 Å². The van der Waals surface area contributed by atoms with Crippen LogP contribution < -0.4 is 5.32 Å². The molecule has 0 rings (SSSR count). The zero-order chi connectivity index (χ0) is 9.23. The molecule has 0 bridgehead atoms. The molecule has 0 aliphatic carbocycles. The molecule has 0 aromatic rings. The first-order chi connectivity index (χ1) is 5.81. The van der Waals surface area contributed by atoms with E-state index >= 15 is 0 Å². The Balaban J connectivity index is 2.97. The van der Waals surface area contributed by atoms with Gasteiger partial charge in [-0.15, -0.1) is 0 Å². The molecule has 0 radical (unpaired) electrons. The summed E-state index contributed by atoms with van der Waals surface area (Å²) < 4.78 is 2.09. The van der Waals surface area contributed by atoms with Crippen molar-refractivity contribution in [1.82, 2.24) is 9.62 Å². The Morgan fingerprint density at radius 2 is 1.83 bits per heavy atom. The third kappa shape index (κ3) is 8.37. The minimum atomic E-state index is 1.09. The van der Waals surface area contributed by atoms with Gasteiger partial charge in [-0.05, 0) is 32.4 Å². The van der Waals surface area contributed by atoms with Crippen molar-refractivity contribution >= 4 is 12.8 Å². The fourth-order valence-electron chi connectivity index (χ4n) is 1.06. The predicted octanol–water partition coefficient (Wildman–Crippen LogP) is 1.93. The number of nitrogens with zero attached hydrogens (tertiary/aromatic N) is 1. The number of thiol groups is 1. The van der Waals surface area contributed by atoms with Crippen molar-refractivity contribution in [2.75, 3.05) is 26.2 Å². The number of rotatable bonds is 8. The monoisotopic (exact) mass is 190 g/mol. The zero-order valence-corrected chi connectivity index (χ0v) is 9.24. The van der Waals surface area contributed by atoms with Crippen LogP contribution in [0.25, 0.3) is 0 Å². The predicted molar refractivity (Wildman–Crippen MR) is 58.6 cm³/mol. The molecule has 0 heterocycles. The topological polar surface area (TPSA) is 15.3 Å². The third-order valence-corrected chi connectivity index (χ3v) is 2.08. The van der Waals surface area contributed by atoms with Crippen molar-refractivity contribution in [1.29, 1.82) is 0 Å². The van der Waals surface area contributed by atoms with Crippen LogP contribution in [0.2, 0.25) is 0 Å². The molecular formula is C9H22N2S. The van der Waals surface area contributed by atoms with Crippen LogP contribution in [0.1, 0.15) is 33.1 Å². The van der Waals surface area contributed by atoms with Gasteiger partial charge in [0.2, 0.25) is 0 Å². The van der Waals surface area contributed by atoms with Crippen LogP contribution in [-0.2, 0) is 0 Å². The van der Waals surface area contributed by atoms with Crippen LogP contribution in [0.3, 0.4) is 0 Å². The number of hydrogen-bond acceptors (Lipinski definition) is 3. The number of hydrogen-bond donors (Lipinski definition) is 2. The van der Waals surface area contributed by atoms with Gasteiger partial charge in [0.15, 0.2) is 0 Å². The summed E-state index contributed by atoms with van der Waals surface area (Å²) in [6, 6.07) is 0. The minimum Gasteiger partial charge on any atom is -0.317 e.